The number of amides is 1. The molecule has 0 bridgehead atoms. The molecule has 1 aromatic carbocycles. The van der Waals surface area contributed by atoms with Crippen molar-refractivity contribution >= 4 is 17.5 Å². The quantitative estimate of drug-likeness (QED) is 0.810. The molecule has 1 aliphatic rings. The lowest BCUT2D eigenvalue weighted by atomic mass is 10.1. The first-order valence-electron chi connectivity index (χ1n) is 5.80. The fourth-order valence-corrected chi connectivity index (χ4v) is 2.04. The van der Waals surface area contributed by atoms with Crippen LogP contribution in [0.4, 0.5) is 0 Å². The summed E-state index contributed by atoms with van der Waals surface area (Å²) in [7, 11) is 0. The summed E-state index contributed by atoms with van der Waals surface area (Å²) in [5.74, 6) is 0.632. The Bertz CT molecular complexity index is 429. The van der Waals surface area contributed by atoms with Crippen LogP contribution >= 0.6 is 11.6 Å². The van der Waals surface area contributed by atoms with Crippen molar-refractivity contribution < 1.29 is 9.90 Å². The Balaban J connectivity index is 1.92. The Morgan fingerprint density at radius 3 is 2.88 bits per heavy atom. The van der Waals surface area contributed by atoms with Crippen LogP contribution in [0.5, 0.6) is 5.75 Å². The molecule has 0 heterocycles. The van der Waals surface area contributed by atoms with Crippen molar-refractivity contribution in [3.05, 3.63) is 29.3 Å². The van der Waals surface area contributed by atoms with Crippen LogP contribution in [-0.4, -0.2) is 22.9 Å². The molecule has 0 aromatic heterocycles. The molecule has 0 saturated heterocycles. The van der Waals surface area contributed by atoms with Gasteiger partial charge in [0.1, 0.15) is 5.75 Å². The minimum atomic E-state index is -0.139. The topological polar surface area (TPSA) is 49.3 Å². The minimum absolute atomic E-state index is 0.0390. The molecule has 2 N–H and O–H groups in total. The van der Waals surface area contributed by atoms with Gasteiger partial charge in [-0.3, -0.25) is 4.79 Å². The summed E-state index contributed by atoms with van der Waals surface area (Å²) in [6, 6.07) is 4.81. The number of benzene rings is 1. The van der Waals surface area contributed by atoms with Gasteiger partial charge in [0.15, 0.2) is 0 Å². The van der Waals surface area contributed by atoms with Gasteiger partial charge in [-0.2, -0.15) is 0 Å². The number of halogens is 1. The van der Waals surface area contributed by atoms with Gasteiger partial charge in [0.2, 0.25) is 0 Å². The zero-order chi connectivity index (χ0) is 12.4. The first kappa shape index (κ1) is 12.2. The van der Waals surface area contributed by atoms with Gasteiger partial charge in [-0.1, -0.05) is 0 Å². The second-order valence-corrected chi connectivity index (χ2v) is 5.13. The second kappa shape index (κ2) is 4.96. The zero-order valence-corrected chi connectivity index (χ0v) is 10.5. The SMILES string of the molecule is Cc1cc(C(=O)NCC(Cl)C2CC2)ccc1O. The Hall–Kier alpha value is -1.22. The fourth-order valence-electron chi connectivity index (χ4n) is 1.71. The van der Waals surface area contributed by atoms with Gasteiger partial charge in [-0.05, 0) is 49.4 Å². The van der Waals surface area contributed by atoms with Crippen molar-refractivity contribution in [2.75, 3.05) is 6.54 Å². The minimum Gasteiger partial charge on any atom is -0.508 e. The zero-order valence-electron chi connectivity index (χ0n) is 9.74. The number of nitrogens with one attached hydrogen (secondary N) is 1. The number of hydrogen-bond acceptors (Lipinski definition) is 2. The Kier molecular flexibility index (Phi) is 3.57. The molecule has 1 atom stereocenters. The van der Waals surface area contributed by atoms with E-state index in [0.717, 1.165) is 0 Å². The van der Waals surface area contributed by atoms with Gasteiger partial charge in [-0.25, -0.2) is 0 Å². The van der Waals surface area contributed by atoms with E-state index in [4.69, 9.17) is 11.6 Å². The molecule has 1 unspecified atom stereocenters. The molecular weight excluding hydrogens is 238 g/mol. The number of aryl methyl sites for hydroxylation is 1. The van der Waals surface area contributed by atoms with Gasteiger partial charge in [0.05, 0.1) is 5.38 Å². The summed E-state index contributed by atoms with van der Waals surface area (Å²) in [6.45, 7) is 2.27. The van der Waals surface area contributed by atoms with Crippen molar-refractivity contribution in [2.45, 2.75) is 25.1 Å². The lowest BCUT2D eigenvalue weighted by molar-refractivity contribution is 0.0953. The van der Waals surface area contributed by atoms with E-state index >= 15 is 0 Å². The largest absolute Gasteiger partial charge is 0.508 e. The van der Waals surface area contributed by atoms with E-state index in [-0.39, 0.29) is 17.0 Å². The summed E-state index contributed by atoms with van der Waals surface area (Å²) in [5, 5.41) is 12.2. The highest BCUT2D eigenvalue weighted by Gasteiger charge is 2.29. The first-order chi connectivity index (χ1) is 8.08. The third-order valence-corrected chi connectivity index (χ3v) is 3.56. The van der Waals surface area contributed by atoms with Crippen LogP contribution in [0.15, 0.2) is 18.2 Å². The van der Waals surface area contributed by atoms with Crippen molar-refractivity contribution in [3.8, 4) is 5.75 Å². The molecule has 2 rings (SSSR count). The van der Waals surface area contributed by atoms with Gasteiger partial charge in [0.25, 0.3) is 5.91 Å². The highest BCUT2D eigenvalue weighted by Crippen LogP contribution is 2.35. The maximum absolute atomic E-state index is 11.8. The van der Waals surface area contributed by atoms with E-state index in [1.807, 2.05) is 0 Å². The number of hydrogen-bond donors (Lipinski definition) is 2. The Morgan fingerprint density at radius 1 is 1.59 bits per heavy atom. The standard InChI is InChI=1S/C13H16ClNO2/c1-8-6-10(4-5-12(8)16)13(17)15-7-11(14)9-2-3-9/h4-6,9,11,16H,2-3,7H2,1H3,(H,15,17). The maximum Gasteiger partial charge on any atom is 0.251 e. The van der Waals surface area contributed by atoms with E-state index in [9.17, 15) is 9.90 Å². The number of carbonyl (C=O) groups is 1. The van der Waals surface area contributed by atoms with E-state index in [2.05, 4.69) is 5.32 Å². The van der Waals surface area contributed by atoms with E-state index < -0.39 is 0 Å². The van der Waals surface area contributed by atoms with E-state index in [1.165, 1.54) is 18.9 Å². The van der Waals surface area contributed by atoms with Crippen LogP contribution in [0.2, 0.25) is 0 Å². The van der Waals surface area contributed by atoms with Crippen molar-refractivity contribution in [1.29, 1.82) is 0 Å². The predicted octanol–water partition coefficient (Wildman–Crippen LogP) is 2.45. The Labute approximate surface area is 106 Å². The molecule has 1 saturated carbocycles. The van der Waals surface area contributed by atoms with Crippen LogP contribution < -0.4 is 5.32 Å². The second-order valence-electron chi connectivity index (χ2n) is 4.56. The molecule has 1 amide bonds. The number of aromatic hydroxyl groups is 1. The molecule has 0 aliphatic heterocycles. The number of phenolic OH excluding ortho intramolecular Hbond substituents is 1. The van der Waals surface area contributed by atoms with Crippen LogP contribution in [0.1, 0.15) is 28.8 Å². The van der Waals surface area contributed by atoms with Crippen LogP contribution in [0, 0.1) is 12.8 Å². The molecule has 92 valence electrons. The predicted molar refractivity (Wildman–Crippen MR) is 67.5 cm³/mol. The molecule has 0 spiro atoms. The molecule has 17 heavy (non-hydrogen) atoms. The van der Waals surface area contributed by atoms with Crippen LogP contribution in [0.3, 0.4) is 0 Å². The van der Waals surface area contributed by atoms with Gasteiger partial charge < -0.3 is 10.4 Å². The lowest BCUT2D eigenvalue weighted by Gasteiger charge is -2.10. The van der Waals surface area contributed by atoms with Crippen LogP contribution in [-0.2, 0) is 0 Å². The first-order valence-corrected chi connectivity index (χ1v) is 6.23. The van der Waals surface area contributed by atoms with Gasteiger partial charge in [0, 0.05) is 12.1 Å². The molecule has 1 fully saturated rings. The highest BCUT2D eigenvalue weighted by atomic mass is 35.5. The molecule has 1 aliphatic carbocycles. The summed E-state index contributed by atoms with van der Waals surface area (Å²) >= 11 is 6.11. The molecule has 0 radical (unpaired) electrons. The third-order valence-electron chi connectivity index (χ3n) is 3.05. The van der Waals surface area contributed by atoms with E-state index in [0.29, 0.717) is 23.6 Å². The highest BCUT2D eigenvalue weighted by molar-refractivity contribution is 6.21. The van der Waals surface area contributed by atoms with Crippen molar-refractivity contribution in [3.63, 3.8) is 0 Å². The molecule has 4 heteroatoms. The van der Waals surface area contributed by atoms with Gasteiger partial charge in [-0.15, -0.1) is 11.6 Å². The molecular formula is C13H16ClNO2. The average molecular weight is 254 g/mol. The summed E-state index contributed by atoms with van der Waals surface area (Å²) < 4.78 is 0. The van der Waals surface area contributed by atoms with Crippen molar-refractivity contribution in [2.24, 2.45) is 5.92 Å². The smallest absolute Gasteiger partial charge is 0.251 e. The van der Waals surface area contributed by atoms with Crippen molar-refractivity contribution in [1.82, 2.24) is 5.32 Å². The number of alkyl halides is 1. The van der Waals surface area contributed by atoms with Crippen LogP contribution in [0.25, 0.3) is 0 Å². The number of carbonyl (C=O) groups excluding carboxylic acids is 1. The summed E-state index contributed by atoms with van der Waals surface area (Å²) in [6.07, 6.45) is 2.34. The Morgan fingerprint density at radius 2 is 2.29 bits per heavy atom. The number of rotatable bonds is 4. The number of phenols is 1. The maximum atomic E-state index is 11.8. The monoisotopic (exact) mass is 253 g/mol. The fraction of sp³-hybridized carbons (Fsp3) is 0.462. The normalized spacial score (nSPS) is 16.6. The lowest BCUT2D eigenvalue weighted by Crippen LogP contribution is -2.30. The summed E-state index contributed by atoms with van der Waals surface area (Å²) in [5.41, 5.74) is 1.25. The average Bonchev–Trinajstić information content (AvgIpc) is 3.13. The molecule has 3 nitrogen and oxygen atoms in total. The van der Waals surface area contributed by atoms with E-state index in [1.54, 1.807) is 19.1 Å². The van der Waals surface area contributed by atoms with Gasteiger partial charge >= 0.3 is 0 Å². The summed E-state index contributed by atoms with van der Waals surface area (Å²) in [4.78, 5) is 11.8. The molecule has 1 aromatic rings. The third kappa shape index (κ3) is 3.13.